The first-order valence-corrected chi connectivity index (χ1v) is 9.14. The molecule has 0 radical (unpaired) electrons. The number of benzene rings is 1. The number of rotatable bonds is 5. The van der Waals surface area contributed by atoms with Gasteiger partial charge in [-0.15, -0.1) is 11.3 Å². The Balaban J connectivity index is 1.52. The van der Waals surface area contributed by atoms with Crippen LogP contribution in [0.5, 0.6) is 11.5 Å². The van der Waals surface area contributed by atoms with Crippen molar-refractivity contribution in [1.82, 2.24) is 10.2 Å². The molecule has 1 aromatic carbocycles. The van der Waals surface area contributed by atoms with Crippen LogP contribution in [0.4, 0.5) is 0 Å². The highest BCUT2D eigenvalue weighted by atomic mass is 32.1. The Kier molecular flexibility index (Phi) is 4.40. The Labute approximate surface area is 145 Å². The van der Waals surface area contributed by atoms with Gasteiger partial charge in [-0.05, 0) is 55.1 Å². The molecule has 126 valence electrons. The molecule has 0 spiro atoms. The molecule has 0 saturated carbocycles. The maximum absolute atomic E-state index is 12.3. The van der Waals surface area contributed by atoms with Gasteiger partial charge in [0.15, 0.2) is 11.5 Å². The number of ether oxygens (including phenoxy) is 2. The van der Waals surface area contributed by atoms with Gasteiger partial charge in [-0.1, -0.05) is 12.1 Å². The summed E-state index contributed by atoms with van der Waals surface area (Å²) >= 11 is 1.46. The van der Waals surface area contributed by atoms with E-state index < -0.39 is 0 Å². The van der Waals surface area contributed by atoms with E-state index in [0.717, 1.165) is 35.0 Å². The van der Waals surface area contributed by atoms with Gasteiger partial charge >= 0.3 is 0 Å². The molecule has 2 aliphatic heterocycles. The van der Waals surface area contributed by atoms with Gasteiger partial charge in [0, 0.05) is 6.54 Å². The lowest BCUT2D eigenvalue weighted by molar-refractivity contribution is 0.0942. The Morgan fingerprint density at radius 2 is 2.04 bits per heavy atom. The van der Waals surface area contributed by atoms with Crippen LogP contribution in [-0.2, 0) is 0 Å². The second-order valence-electron chi connectivity index (χ2n) is 6.06. The van der Waals surface area contributed by atoms with Crippen molar-refractivity contribution in [3.63, 3.8) is 0 Å². The first kappa shape index (κ1) is 15.5. The molecule has 1 saturated heterocycles. The van der Waals surface area contributed by atoms with Gasteiger partial charge in [-0.25, -0.2) is 0 Å². The predicted molar refractivity (Wildman–Crippen MR) is 92.8 cm³/mol. The van der Waals surface area contributed by atoms with Crippen molar-refractivity contribution in [2.24, 2.45) is 0 Å². The summed E-state index contributed by atoms with van der Waals surface area (Å²) in [6.45, 7) is 3.00. The molecule has 5 nitrogen and oxygen atoms in total. The lowest BCUT2D eigenvalue weighted by atomic mass is 10.0. The third-order valence-electron chi connectivity index (χ3n) is 4.56. The zero-order chi connectivity index (χ0) is 16.4. The van der Waals surface area contributed by atoms with E-state index in [1.54, 1.807) is 0 Å². The van der Waals surface area contributed by atoms with E-state index in [-0.39, 0.29) is 18.7 Å². The minimum atomic E-state index is -0.00468. The van der Waals surface area contributed by atoms with Gasteiger partial charge in [0.25, 0.3) is 5.91 Å². The van der Waals surface area contributed by atoms with Gasteiger partial charge in [0.2, 0.25) is 6.79 Å². The van der Waals surface area contributed by atoms with Crippen LogP contribution >= 0.6 is 11.3 Å². The van der Waals surface area contributed by atoms with Crippen molar-refractivity contribution in [2.75, 3.05) is 26.4 Å². The van der Waals surface area contributed by atoms with E-state index in [1.807, 2.05) is 29.6 Å². The van der Waals surface area contributed by atoms with Gasteiger partial charge < -0.3 is 14.8 Å². The highest BCUT2D eigenvalue weighted by Gasteiger charge is 2.26. The fraction of sp³-hybridized carbons (Fsp3) is 0.389. The van der Waals surface area contributed by atoms with E-state index >= 15 is 0 Å². The van der Waals surface area contributed by atoms with E-state index in [2.05, 4.69) is 16.3 Å². The maximum atomic E-state index is 12.3. The average Bonchev–Trinajstić information content (AvgIpc) is 3.35. The summed E-state index contributed by atoms with van der Waals surface area (Å²) in [6.07, 6.45) is 2.42. The van der Waals surface area contributed by atoms with E-state index in [1.165, 1.54) is 24.2 Å². The van der Waals surface area contributed by atoms with Crippen molar-refractivity contribution in [3.05, 3.63) is 46.2 Å². The number of nitrogens with one attached hydrogen (secondary N) is 1. The highest BCUT2D eigenvalue weighted by molar-refractivity contribution is 7.12. The topological polar surface area (TPSA) is 50.8 Å². The quantitative estimate of drug-likeness (QED) is 0.906. The molecule has 1 aromatic heterocycles. The molecule has 1 unspecified atom stereocenters. The van der Waals surface area contributed by atoms with Crippen LogP contribution in [0.1, 0.15) is 34.1 Å². The number of thiophene rings is 1. The van der Waals surface area contributed by atoms with E-state index in [0.29, 0.717) is 6.54 Å². The Bertz CT molecular complexity index is 711. The molecule has 0 bridgehead atoms. The Morgan fingerprint density at radius 1 is 1.21 bits per heavy atom. The van der Waals surface area contributed by atoms with Crippen LogP contribution in [0, 0.1) is 0 Å². The number of likely N-dealkylation sites (tertiary alicyclic amines) is 1. The molecule has 2 aromatic rings. The van der Waals surface area contributed by atoms with Crippen LogP contribution < -0.4 is 14.8 Å². The molecule has 1 N–H and O–H groups in total. The van der Waals surface area contributed by atoms with E-state index in [4.69, 9.17) is 9.47 Å². The zero-order valence-electron chi connectivity index (χ0n) is 13.4. The molecule has 0 aliphatic carbocycles. The van der Waals surface area contributed by atoms with E-state index in [9.17, 15) is 4.79 Å². The lowest BCUT2D eigenvalue weighted by Gasteiger charge is -2.28. The van der Waals surface area contributed by atoms with Crippen LogP contribution in [0.15, 0.2) is 35.7 Å². The second-order valence-corrected chi connectivity index (χ2v) is 7.01. The normalized spacial score (nSPS) is 17.8. The van der Waals surface area contributed by atoms with Gasteiger partial charge in [-0.3, -0.25) is 9.69 Å². The van der Waals surface area contributed by atoms with Crippen molar-refractivity contribution in [1.29, 1.82) is 0 Å². The predicted octanol–water partition coefficient (Wildman–Crippen LogP) is 3.04. The first-order chi connectivity index (χ1) is 11.8. The van der Waals surface area contributed by atoms with Crippen molar-refractivity contribution >= 4 is 17.2 Å². The van der Waals surface area contributed by atoms with Crippen LogP contribution in [-0.4, -0.2) is 37.2 Å². The first-order valence-electron chi connectivity index (χ1n) is 8.26. The van der Waals surface area contributed by atoms with Crippen LogP contribution in [0.3, 0.4) is 0 Å². The molecule has 2 aliphatic rings. The molecule has 3 heterocycles. The fourth-order valence-corrected chi connectivity index (χ4v) is 3.96. The third kappa shape index (κ3) is 3.12. The summed E-state index contributed by atoms with van der Waals surface area (Å²) in [6, 6.07) is 9.99. The monoisotopic (exact) mass is 344 g/mol. The number of carbonyl (C=O) groups is 1. The lowest BCUT2D eigenvalue weighted by Crippen LogP contribution is -2.36. The van der Waals surface area contributed by atoms with Crippen molar-refractivity contribution < 1.29 is 14.3 Å². The largest absolute Gasteiger partial charge is 0.454 e. The molecule has 6 heteroatoms. The minimum Gasteiger partial charge on any atom is -0.454 e. The van der Waals surface area contributed by atoms with Crippen LogP contribution in [0.25, 0.3) is 0 Å². The number of carbonyl (C=O) groups excluding carboxylic acids is 1. The van der Waals surface area contributed by atoms with Gasteiger partial charge in [0.05, 0.1) is 10.9 Å². The van der Waals surface area contributed by atoms with Gasteiger partial charge in [-0.2, -0.15) is 0 Å². The second kappa shape index (κ2) is 6.83. The van der Waals surface area contributed by atoms with Crippen molar-refractivity contribution in [2.45, 2.75) is 18.9 Å². The summed E-state index contributed by atoms with van der Waals surface area (Å²) in [5, 5.41) is 5.01. The molecular weight excluding hydrogens is 324 g/mol. The smallest absolute Gasteiger partial charge is 0.261 e. The molecule has 24 heavy (non-hydrogen) atoms. The molecule has 4 rings (SSSR count). The third-order valence-corrected chi connectivity index (χ3v) is 5.43. The average molecular weight is 344 g/mol. The Hall–Kier alpha value is -2.05. The maximum Gasteiger partial charge on any atom is 0.261 e. The summed E-state index contributed by atoms with van der Waals surface area (Å²) in [5.74, 6) is 1.58. The number of hydrogen-bond acceptors (Lipinski definition) is 5. The number of nitrogens with zero attached hydrogens (tertiary/aromatic N) is 1. The highest BCUT2D eigenvalue weighted by Crippen LogP contribution is 2.36. The van der Waals surface area contributed by atoms with Crippen molar-refractivity contribution in [3.8, 4) is 11.5 Å². The SMILES string of the molecule is O=C(NCC(c1ccc2c(c1)OCO2)N1CCCC1)c1cccs1. The number of amides is 1. The molecule has 1 atom stereocenters. The number of hydrogen-bond donors (Lipinski definition) is 1. The molecule has 1 amide bonds. The minimum absolute atomic E-state index is 0.00468. The number of fused-ring (bicyclic) bond motifs is 1. The summed E-state index contributed by atoms with van der Waals surface area (Å²) in [4.78, 5) is 15.5. The Morgan fingerprint density at radius 3 is 2.83 bits per heavy atom. The molecule has 1 fully saturated rings. The zero-order valence-corrected chi connectivity index (χ0v) is 14.2. The summed E-state index contributed by atoms with van der Waals surface area (Å²) in [7, 11) is 0. The fourth-order valence-electron chi connectivity index (χ4n) is 3.32. The standard InChI is InChI=1S/C18H20N2O3S/c21-18(17-4-3-9-24-17)19-11-14(20-7-1-2-8-20)13-5-6-15-16(10-13)23-12-22-15/h3-6,9-10,14H,1-2,7-8,11-12H2,(H,19,21). The summed E-state index contributed by atoms with van der Waals surface area (Å²) < 4.78 is 10.9. The van der Waals surface area contributed by atoms with Crippen LogP contribution in [0.2, 0.25) is 0 Å². The summed E-state index contributed by atoms with van der Waals surface area (Å²) in [5.41, 5.74) is 1.16. The van der Waals surface area contributed by atoms with Gasteiger partial charge in [0.1, 0.15) is 0 Å². The molecular formula is C18H20N2O3S.